The Morgan fingerprint density at radius 2 is 1.90 bits per heavy atom. The van der Waals surface area contributed by atoms with E-state index in [0.717, 1.165) is 37.7 Å². The zero-order chi connectivity index (χ0) is 34.9. The summed E-state index contributed by atoms with van der Waals surface area (Å²) in [6.07, 6.45) is 6.40. The molecule has 49 heavy (non-hydrogen) atoms. The number of H-pyrrole nitrogens is 1. The number of fused-ring (bicyclic) bond motifs is 1. The van der Waals surface area contributed by atoms with Crippen LogP contribution < -0.4 is 16.0 Å². The van der Waals surface area contributed by atoms with Gasteiger partial charge in [0.2, 0.25) is 11.8 Å². The van der Waals surface area contributed by atoms with Gasteiger partial charge in [-0.1, -0.05) is 49.2 Å². The van der Waals surface area contributed by atoms with Gasteiger partial charge in [0, 0.05) is 37.8 Å². The van der Waals surface area contributed by atoms with Gasteiger partial charge in [-0.25, -0.2) is 4.98 Å². The number of benzene rings is 2. The Bertz CT molecular complexity index is 1840. The minimum Gasteiger partial charge on any atom is -0.383 e. The Hall–Kier alpha value is -4.22. The van der Waals surface area contributed by atoms with Gasteiger partial charge in [-0.15, -0.1) is 0 Å². The molecule has 2 saturated carbocycles. The number of carbonyl (C=O) groups excluding carboxylic acids is 3. The van der Waals surface area contributed by atoms with Gasteiger partial charge in [-0.05, 0) is 86.3 Å². The summed E-state index contributed by atoms with van der Waals surface area (Å²) in [6, 6.07) is 14.0. The summed E-state index contributed by atoms with van der Waals surface area (Å²) >= 11 is 6.83. The lowest BCUT2D eigenvalue weighted by Crippen LogP contribution is -2.57. The topological polar surface area (TPSA) is 143 Å². The van der Waals surface area contributed by atoms with Gasteiger partial charge in [0.05, 0.1) is 29.1 Å². The third kappa shape index (κ3) is 6.83. The first kappa shape index (κ1) is 34.6. The number of hydrogen-bond acceptors (Lipinski definition) is 6. The van der Waals surface area contributed by atoms with Crippen molar-refractivity contribution in [1.82, 2.24) is 35.7 Å². The van der Waals surface area contributed by atoms with Crippen LogP contribution in [0.1, 0.15) is 92.3 Å². The van der Waals surface area contributed by atoms with Gasteiger partial charge < -0.3 is 25.7 Å². The number of hydrogen-bond donors (Lipinski definition) is 4. The van der Waals surface area contributed by atoms with Crippen molar-refractivity contribution in [3.63, 3.8) is 0 Å². The van der Waals surface area contributed by atoms with E-state index in [9.17, 15) is 14.4 Å². The molecule has 2 aliphatic rings. The molecular weight excluding hydrogens is 642 g/mol. The molecule has 1 unspecified atom stereocenters. The van der Waals surface area contributed by atoms with Gasteiger partial charge in [0.25, 0.3) is 5.91 Å². The van der Waals surface area contributed by atoms with E-state index in [2.05, 4.69) is 33.0 Å². The van der Waals surface area contributed by atoms with Crippen molar-refractivity contribution in [2.45, 2.75) is 76.3 Å². The molecule has 2 aromatic heterocycles. The molecule has 3 amide bonds. The number of halogens is 1. The van der Waals surface area contributed by atoms with Crippen LogP contribution >= 0.6 is 11.6 Å². The number of aryl methyl sites for hydroxylation is 1. The second-order valence-electron chi connectivity index (χ2n) is 14.1. The minimum atomic E-state index is -1.10. The maximum atomic E-state index is 14.1. The summed E-state index contributed by atoms with van der Waals surface area (Å²) in [6.45, 7) is 6.52. The van der Waals surface area contributed by atoms with Crippen molar-refractivity contribution in [1.29, 1.82) is 0 Å². The molecule has 0 bridgehead atoms. The first-order valence-electron chi connectivity index (χ1n) is 17.1. The number of nitrogens with zero attached hydrogens (tertiary/aromatic N) is 3. The minimum absolute atomic E-state index is 0.106. The van der Waals surface area contributed by atoms with Crippen LogP contribution in [-0.2, 0) is 26.8 Å². The highest BCUT2D eigenvalue weighted by Gasteiger charge is 2.51. The van der Waals surface area contributed by atoms with Crippen LogP contribution in [0.3, 0.4) is 0 Å². The van der Waals surface area contributed by atoms with Gasteiger partial charge in [0.15, 0.2) is 0 Å². The van der Waals surface area contributed by atoms with Crippen molar-refractivity contribution in [2.24, 2.45) is 18.4 Å². The summed E-state index contributed by atoms with van der Waals surface area (Å²) in [5, 5.41) is 14.1. The van der Waals surface area contributed by atoms with Crippen LogP contribution in [0.2, 0.25) is 5.02 Å². The van der Waals surface area contributed by atoms with Gasteiger partial charge in [-0.3, -0.25) is 19.1 Å². The van der Waals surface area contributed by atoms with Crippen molar-refractivity contribution < 1.29 is 19.1 Å². The highest BCUT2D eigenvalue weighted by atomic mass is 35.5. The van der Waals surface area contributed by atoms with Crippen LogP contribution in [0.4, 0.5) is 0 Å². The predicted octanol–water partition coefficient (Wildman–Crippen LogP) is 5.33. The summed E-state index contributed by atoms with van der Waals surface area (Å²) in [7, 11) is 3.30. The Labute approximate surface area is 291 Å². The number of nitrogens with one attached hydrogen (secondary N) is 4. The summed E-state index contributed by atoms with van der Waals surface area (Å²) < 4.78 is 7.14. The quantitative estimate of drug-likeness (QED) is 0.141. The molecule has 2 fully saturated rings. The average molecular weight is 688 g/mol. The number of imidazole rings is 1. The number of likely N-dealkylation sites (N-methyl/N-ethyl adjacent to an activating group) is 1. The summed E-state index contributed by atoms with van der Waals surface area (Å²) in [5.74, 6) is -0.202. The average Bonchev–Trinajstić information content (AvgIpc) is 3.42. The number of aromatic nitrogens is 4. The van der Waals surface area contributed by atoms with E-state index in [0.29, 0.717) is 39.7 Å². The standard InChI is InChI=1S/C37H46ClN7O4/c1-6-39-34(47)30(22-10-9-11-22)44-35(48)37(3,21-49-5)23-14-15-26-27(20-23)42-32(41-26)31(43-33(46)28-16-19-40-45(28)4)29(36(2)17-18-36)24-12-7-8-13-25(24)38/h7-8,12-16,19-20,22,29-31H,6,9-11,17-18,21H2,1-5H3,(H,39,47)(H,41,42)(H,43,46)(H,44,48)/t29-,30-,31-,37?/m0/s1. The molecule has 12 heteroatoms. The molecule has 2 heterocycles. The second kappa shape index (κ2) is 14.0. The monoisotopic (exact) mass is 687 g/mol. The summed E-state index contributed by atoms with van der Waals surface area (Å²) in [5.41, 5.74) is 2.26. The molecule has 2 aliphatic carbocycles. The van der Waals surface area contributed by atoms with E-state index in [1.165, 1.54) is 0 Å². The van der Waals surface area contributed by atoms with Crippen molar-refractivity contribution in [2.75, 3.05) is 20.3 Å². The van der Waals surface area contributed by atoms with Crippen LogP contribution in [0.25, 0.3) is 11.0 Å². The lowest BCUT2D eigenvalue weighted by molar-refractivity contribution is -0.135. The van der Waals surface area contributed by atoms with E-state index < -0.39 is 17.5 Å². The molecule has 2 aromatic carbocycles. The number of methoxy groups -OCH3 is 1. The zero-order valence-corrected chi connectivity index (χ0v) is 29.6. The lowest BCUT2D eigenvalue weighted by Gasteiger charge is -2.36. The highest BCUT2D eigenvalue weighted by molar-refractivity contribution is 6.31. The van der Waals surface area contributed by atoms with Crippen molar-refractivity contribution in [3.05, 3.63) is 82.4 Å². The van der Waals surface area contributed by atoms with Crippen LogP contribution in [0.5, 0.6) is 0 Å². The normalized spacial score (nSPS) is 18.5. The number of rotatable bonds is 14. The molecular formula is C37H46ClN7O4. The van der Waals surface area contributed by atoms with E-state index in [-0.39, 0.29) is 41.6 Å². The molecule has 4 N–H and O–H groups in total. The van der Waals surface area contributed by atoms with E-state index >= 15 is 0 Å². The van der Waals surface area contributed by atoms with Crippen molar-refractivity contribution >= 4 is 40.4 Å². The molecule has 0 aliphatic heterocycles. The lowest BCUT2D eigenvalue weighted by atomic mass is 9.77. The molecule has 0 saturated heterocycles. The molecule has 0 radical (unpaired) electrons. The Balaban J connectivity index is 1.38. The van der Waals surface area contributed by atoms with Gasteiger partial charge in [-0.2, -0.15) is 5.10 Å². The van der Waals surface area contributed by atoms with Crippen LogP contribution in [0, 0.1) is 11.3 Å². The molecule has 6 rings (SSSR count). The van der Waals surface area contributed by atoms with Crippen molar-refractivity contribution in [3.8, 4) is 0 Å². The third-order valence-electron chi connectivity index (χ3n) is 10.6. The fourth-order valence-electron chi connectivity index (χ4n) is 7.16. The summed E-state index contributed by atoms with van der Waals surface area (Å²) in [4.78, 5) is 49.3. The fraction of sp³-hybridized carbons (Fsp3) is 0.486. The first-order valence-corrected chi connectivity index (χ1v) is 17.5. The van der Waals surface area contributed by atoms with Crippen LogP contribution in [0.15, 0.2) is 54.7 Å². The highest BCUT2D eigenvalue weighted by Crippen LogP contribution is 2.60. The van der Waals surface area contributed by atoms with Crippen LogP contribution in [-0.4, -0.2) is 63.8 Å². The Morgan fingerprint density at radius 1 is 1.14 bits per heavy atom. The maximum Gasteiger partial charge on any atom is 0.270 e. The SMILES string of the molecule is CCNC(=O)[C@@H](NC(=O)C(C)(COC)c1ccc2nc([C@@H](NC(=O)c3ccnn3C)[C@H](c3ccccc3Cl)C3(C)CC3)[nH]c2c1)C1CCC1. The second-order valence-corrected chi connectivity index (χ2v) is 14.5. The van der Waals surface area contributed by atoms with E-state index in [1.807, 2.05) is 56.3 Å². The molecule has 260 valence electrons. The molecule has 11 nitrogen and oxygen atoms in total. The number of carbonyl (C=O) groups is 3. The number of amides is 3. The molecule has 4 aromatic rings. The first-order chi connectivity index (χ1) is 23.5. The smallest absolute Gasteiger partial charge is 0.270 e. The zero-order valence-electron chi connectivity index (χ0n) is 28.8. The Morgan fingerprint density at radius 3 is 2.51 bits per heavy atom. The van der Waals surface area contributed by atoms with E-state index in [1.54, 1.807) is 31.1 Å². The molecule has 0 spiro atoms. The van der Waals surface area contributed by atoms with E-state index in [4.69, 9.17) is 21.3 Å². The van der Waals surface area contributed by atoms with Gasteiger partial charge in [0.1, 0.15) is 17.6 Å². The Kier molecular flexibility index (Phi) is 9.86. The molecule has 4 atom stereocenters. The van der Waals surface area contributed by atoms with Gasteiger partial charge >= 0.3 is 0 Å². The number of aromatic amines is 1. The fourth-order valence-corrected chi connectivity index (χ4v) is 7.41. The largest absolute Gasteiger partial charge is 0.383 e. The number of ether oxygens (including phenoxy) is 1. The predicted molar refractivity (Wildman–Crippen MR) is 188 cm³/mol. The third-order valence-corrected chi connectivity index (χ3v) is 11.0. The maximum absolute atomic E-state index is 14.1.